The molecule has 2 heteroatoms. The van der Waals surface area contributed by atoms with Crippen LogP contribution in [-0.2, 0) is 0 Å². The Morgan fingerprint density at radius 1 is 1.36 bits per heavy atom. The van der Waals surface area contributed by atoms with Crippen LogP contribution >= 0.6 is 11.8 Å². The summed E-state index contributed by atoms with van der Waals surface area (Å²) in [7, 11) is 0. The third-order valence-electron chi connectivity index (χ3n) is 1.73. The van der Waals surface area contributed by atoms with Gasteiger partial charge in [-0.3, -0.25) is 0 Å². The third-order valence-corrected chi connectivity index (χ3v) is 5.56. The van der Waals surface area contributed by atoms with Crippen molar-refractivity contribution in [2.45, 2.75) is 13.3 Å². The van der Waals surface area contributed by atoms with E-state index in [0.29, 0.717) is 15.0 Å². The average molecular weight is 271 g/mol. The molecule has 0 aliphatic heterocycles. The first kappa shape index (κ1) is 11.9. The van der Waals surface area contributed by atoms with Crippen molar-refractivity contribution < 1.29 is 0 Å². The van der Waals surface area contributed by atoms with E-state index in [1.165, 1.54) is 20.4 Å². The van der Waals surface area contributed by atoms with Gasteiger partial charge in [-0.1, -0.05) is 0 Å². The normalized spacial score (nSPS) is 10.1. The number of hydrogen-bond donors (Lipinski definition) is 0. The fraction of sp³-hybridized carbons (Fsp3) is 0.333. The summed E-state index contributed by atoms with van der Waals surface area (Å²) in [6.07, 6.45) is 1.16. The third kappa shape index (κ3) is 5.54. The summed E-state index contributed by atoms with van der Waals surface area (Å²) in [6, 6.07) is 10.8. The number of allylic oxidation sites excluding steroid dienone is 1. The van der Waals surface area contributed by atoms with Crippen LogP contribution in [0.3, 0.4) is 0 Å². The van der Waals surface area contributed by atoms with Gasteiger partial charge in [0.2, 0.25) is 0 Å². The van der Waals surface area contributed by atoms with Crippen molar-refractivity contribution in [2.75, 3.05) is 10.4 Å². The van der Waals surface area contributed by atoms with Gasteiger partial charge in [0.1, 0.15) is 0 Å². The molecule has 0 unspecified atom stereocenters. The van der Waals surface area contributed by atoms with E-state index in [1.54, 1.807) is 0 Å². The Morgan fingerprint density at radius 2 is 2.07 bits per heavy atom. The molecule has 0 spiro atoms. The van der Waals surface area contributed by atoms with Crippen molar-refractivity contribution in [1.29, 1.82) is 0 Å². The molecule has 14 heavy (non-hydrogen) atoms. The first-order valence-corrected chi connectivity index (χ1v) is 7.91. The van der Waals surface area contributed by atoms with Crippen LogP contribution in [0.15, 0.2) is 42.5 Å². The number of hydrogen-bond acceptors (Lipinski definition) is 1. The molecule has 1 rings (SSSR count). The van der Waals surface area contributed by atoms with E-state index in [2.05, 4.69) is 43.8 Å². The zero-order valence-corrected chi connectivity index (χ0v) is 11.1. The van der Waals surface area contributed by atoms with Crippen LogP contribution in [0.1, 0.15) is 13.3 Å². The second-order valence-electron chi connectivity index (χ2n) is 3.19. The van der Waals surface area contributed by atoms with Crippen molar-refractivity contribution in [3.63, 3.8) is 0 Å². The van der Waals surface area contributed by atoms with Crippen LogP contribution in [0, 0.1) is 0 Å². The van der Waals surface area contributed by atoms with Crippen LogP contribution in [0.2, 0.25) is 0 Å². The van der Waals surface area contributed by atoms with Gasteiger partial charge in [0.25, 0.3) is 0 Å². The van der Waals surface area contributed by atoms with E-state index in [1.807, 2.05) is 11.8 Å². The van der Waals surface area contributed by atoms with Gasteiger partial charge in [0, 0.05) is 0 Å². The van der Waals surface area contributed by atoms with Crippen molar-refractivity contribution in [1.82, 2.24) is 0 Å². The molecule has 1 aromatic carbocycles. The van der Waals surface area contributed by atoms with E-state index in [-0.39, 0.29) is 0 Å². The maximum atomic E-state index is 3.90. The molecule has 0 aliphatic carbocycles. The summed E-state index contributed by atoms with van der Waals surface area (Å²) in [4.78, 5) is 0. The average Bonchev–Trinajstić information content (AvgIpc) is 2.18. The van der Waals surface area contributed by atoms with Gasteiger partial charge in [-0.2, -0.15) is 0 Å². The number of benzene rings is 1. The van der Waals surface area contributed by atoms with Crippen molar-refractivity contribution >= 4 is 31.2 Å². The predicted molar refractivity (Wildman–Crippen MR) is 68.6 cm³/mol. The molecule has 0 aliphatic rings. The minimum atomic E-state index is 0.640. The Morgan fingerprint density at radius 3 is 2.71 bits per heavy atom. The summed E-state index contributed by atoms with van der Waals surface area (Å²) < 4.78 is 2.78. The summed E-state index contributed by atoms with van der Waals surface area (Å²) in [5.74, 6) is 1.23. The van der Waals surface area contributed by atoms with Crippen LogP contribution in [0.4, 0.5) is 0 Å². The molecule has 0 aromatic heterocycles. The van der Waals surface area contributed by atoms with Gasteiger partial charge in [0.05, 0.1) is 0 Å². The van der Waals surface area contributed by atoms with E-state index in [0.717, 1.165) is 6.42 Å². The Bertz CT molecular complexity index is 269. The van der Waals surface area contributed by atoms with Crippen LogP contribution in [0.5, 0.6) is 0 Å². The molecular weight excluding hydrogens is 255 g/mol. The molecular formula is C12H16SSe. The fourth-order valence-electron chi connectivity index (χ4n) is 0.932. The molecule has 0 nitrogen and oxygen atoms in total. The summed E-state index contributed by atoms with van der Waals surface area (Å²) in [5.41, 5.74) is 1.30. The Balaban J connectivity index is 2.08. The topological polar surface area (TPSA) is 0 Å². The van der Waals surface area contributed by atoms with Gasteiger partial charge in [-0.05, 0) is 0 Å². The zero-order chi connectivity index (χ0) is 10.2. The quantitative estimate of drug-likeness (QED) is 0.435. The summed E-state index contributed by atoms with van der Waals surface area (Å²) in [6.45, 7) is 6.00. The monoisotopic (exact) mass is 272 g/mol. The van der Waals surface area contributed by atoms with E-state index in [4.69, 9.17) is 0 Å². The number of rotatable bonds is 6. The molecule has 0 saturated heterocycles. The van der Waals surface area contributed by atoms with E-state index >= 15 is 0 Å². The first-order chi connectivity index (χ1) is 6.79. The molecule has 0 saturated carbocycles. The molecule has 76 valence electrons. The fourth-order valence-corrected chi connectivity index (χ4v) is 4.62. The number of thioether (sulfide) groups is 1. The van der Waals surface area contributed by atoms with Crippen molar-refractivity contribution in [2.24, 2.45) is 0 Å². The molecule has 0 heterocycles. The molecule has 0 radical (unpaired) electrons. The van der Waals surface area contributed by atoms with Crippen LogP contribution in [0.25, 0.3) is 0 Å². The maximum absolute atomic E-state index is 3.90. The van der Waals surface area contributed by atoms with Gasteiger partial charge in [0.15, 0.2) is 0 Å². The van der Waals surface area contributed by atoms with Crippen molar-refractivity contribution in [3.05, 3.63) is 42.5 Å². The molecule has 0 N–H and O–H groups in total. The molecule has 0 amide bonds. The van der Waals surface area contributed by atoms with Crippen LogP contribution < -0.4 is 4.46 Å². The van der Waals surface area contributed by atoms with Gasteiger partial charge in [-0.15, -0.1) is 0 Å². The molecule has 0 bridgehead atoms. The minimum absolute atomic E-state index is 0.640. The zero-order valence-electron chi connectivity index (χ0n) is 8.53. The van der Waals surface area contributed by atoms with Gasteiger partial charge < -0.3 is 0 Å². The molecule has 1 aromatic rings. The first-order valence-electron chi connectivity index (χ1n) is 4.69. The van der Waals surface area contributed by atoms with Gasteiger partial charge in [-0.25, -0.2) is 0 Å². The second-order valence-corrected chi connectivity index (χ2v) is 7.32. The van der Waals surface area contributed by atoms with Gasteiger partial charge >= 0.3 is 97.4 Å². The van der Waals surface area contributed by atoms with E-state index < -0.39 is 0 Å². The summed E-state index contributed by atoms with van der Waals surface area (Å²) in [5, 5.41) is 0. The van der Waals surface area contributed by atoms with Crippen LogP contribution in [-0.4, -0.2) is 25.4 Å². The molecule has 0 atom stereocenters. The standard InChI is InChI=1S/C12H16SSe/c1-11(2)8-9-13-10-14-12-6-4-3-5-7-12/h3-7H,1,8-10H2,2H3. The Labute approximate surface area is 97.3 Å². The SMILES string of the molecule is C=C(C)CCSC[Se]c1ccccc1. The van der Waals surface area contributed by atoms with E-state index in [9.17, 15) is 0 Å². The Kier molecular flexibility index (Phi) is 6.09. The predicted octanol–water partition coefficient (Wildman–Crippen LogP) is 2.67. The molecule has 0 fully saturated rings. The Hall–Kier alpha value is -0.171. The second kappa shape index (κ2) is 7.16. The summed E-state index contributed by atoms with van der Waals surface area (Å²) >= 11 is 2.68. The van der Waals surface area contributed by atoms with Crippen molar-refractivity contribution in [3.8, 4) is 0 Å².